The fourth-order valence-electron chi connectivity index (χ4n) is 1.24. The van der Waals surface area contributed by atoms with Crippen molar-refractivity contribution in [3.63, 3.8) is 0 Å². The van der Waals surface area contributed by atoms with E-state index < -0.39 is 11.6 Å². The Hall–Kier alpha value is -0.950. The Morgan fingerprint density at radius 2 is 2.18 bits per heavy atom. The standard InChI is InChI=1S/C9H16N4O2S.ClH/c1-6(10)11-3-4-16-5-9(2)7(14)12-8(15)13-9;/h3-5H2,1-2H3,(H2,10,11)(H2,12,13,14,15);1H. The lowest BCUT2D eigenvalue weighted by molar-refractivity contribution is -0.122. The topological polar surface area (TPSA) is 96.6 Å². The highest BCUT2D eigenvalue weighted by atomic mass is 35.5. The van der Waals surface area contributed by atoms with Crippen molar-refractivity contribution in [2.45, 2.75) is 19.4 Å². The molecular formula is C9H17ClN4O2S. The van der Waals surface area contributed by atoms with Crippen molar-refractivity contribution in [1.29, 1.82) is 0 Å². The second-order valence-electron chi connectivity index (χ2n) is 3.82. The zero-order valence-electron chi connectivity index (χ0n) is 9.78. The van der Waals surface area contributed by atoms with E-state index in [-0.39, 0.29) is 18.3 Å². The fraction of sp³-hybridized carbons (Fsp3) is 0.667. The van der Waals surface area contributed by atoms with Crippen molar-refractivity contribution < 1.29 is 9.59 Å². The molecule has 1 heterocycles. The minimum Gasteiger partial charge on any atom is -0.388 e. The maximum absolute atomic E-state index is 11.4. The van der Waals surface area contributed by atoms with Crippen molar-refractivity contribution in [3.05, 3.63) is 0 Å². The number of thioether (sulfide) groups is 1. The smallest absolute Gasteiger partial charge is 0.322 e. The number of nitrogens with two attached hydrogens (primary N) is 1. The number of nitrogens with one attached hydrogen (secondary N) is 2. The number of hydrogen-bond acceptors (Lipinski definition) is 4. The molecule has 1 aliphatic rings. The lowest BCUT2D eigenvalue weighted by atomic mass is 10.1. The summed E-state index contributed by atoms with van der Waals surface area (Å²) >= 11 is 1.56. The van der Waals surface area contributed by atoms with E-state index in [1.165, 1.54) is 0 Å². The van der Waals surface area contributed by atoms with E-state index in [1.54, 1.807) is 25.6 Å². The van der Waals surface area contributed by atoms with Crippen LogP contribution in [0.3, 0.4) is 0 Å². The summed E-state index contributed by atoms with van der Waals surface area (Å²) in [7, 11) is 0. The summed E-state index contributed by atoms with van der Waals surface area (Å²) in [5.41, 5.74) is 4.58. The van der Waals surface area contributed by atoms with Gasteiger partial charge in [0.25, 0.3) is 5.91 Å². The Labute approximate surface area is 111 Å². The van der Waals surface area contributed by atoms with Crippen LogP contribution in [-0.4, -0.2) is 41.4 Å². The summed E-state index contributed by atoms with van der Waals surface area (Å²) in [5.74, 6) is 1.58. The largest absolute Gasteiger partial charge is 0.388 e. The molecular weight excluding hydrogens is 264 g/mol. The van der Waals surface area contributed by atoms with Crippen LogP contribution >= 0.6 is 24.2 Å². The zero-order chi connectivity index (χ0) is 12.2. The highest BCUT2D eigenvalue weighted by molar-refractivity contribution is 7.99. The molecule has 1 fully saturated rings. The number of urea groups is 1. The number of aliphatic imine (C=N–C) groups is 1. The van der Waals surface area contributed by atoms with Gasteiger partial charge in [-0.3, -0.25) is 15.1 Å². The van der Waals surface area contributed by atoms with Gasteiger partial charge in [0.05, 0.1) is 5.84 Å². The predicted molar refractivity (Wildman–Crippen MR) is 71.8 cm³/mol. The van der Waals surface area contributed by atoms with Gasteiger partial charge >= 0.3 is 6.03 Å². The lowest BCUT2D eigenvalue weighted by Gasteiger charge is -2.19. The molecule has 8 heteroatoms. The van der Waals surface area contributed by atoms with Gasteiger partial charge in [0, 0.05) is 18.1 Å². The molecule has 1 rings (SSSR count). The zero-order valence-corrected chi connectivity index (χ0v) is 11.4. The normalized spacial score (nSPS) is 24.0. The number of halogens is 1. The molecule has 0 bridgehead atoms. The average molecular weight is 281 g/mol. The first-order chi connectivity index (χ1) is 7.44. The van der Waals surface area contributed by atoms with Crippen molar-refractivity contribution in [1.82, 2.24) is 10.6 Å². The van der Waals surface area contributed by atoms with Gasteiger partial charge in [0.1, 0.15) is 5.54 Å². The summed E-state index contributed by atoms with van der Waals surface area (Å²) in [4.78, 5) is 26.4. The molecule has 0 spiro atoms. The van der Waals surface area contributed by atoms with Crippen LogP contribution in [0.25, 0.3) is 0 Å². The molecule has 0 aromatic rings. The van der Waals surface area contributed by atoms with E-state index in [9.17, 15) is 9.59 Å². The van der Waals surface area contributed by atoms with E-state index >= 15 is 0 Å². The maximum Gasteiger partial charge on any atom is 0.322 e. The first-order valence-electron chi connectivity index (χ1n) is 4.92. The van der Waals surface area contributed by atoms with Crippen LogP contribution in [0.4, 0.5) is 4.79 Å². The first kappa shape index (κ1) is 16.1. The van der Waals surface area contributed by atoms with Crippen molar-refractivity contribution in [3.8, 4) is 0 Å². The molecule has 98 valence electrons. The average Bonchev–Trinajstić information content (AvgIpc) is 2.39. The van der Waals surface area contributed by atoms with Gasteiger partial charge in [0.15, 0.2) is 0 Å². The molecule has 4 N–H and O–H groups in total. The number of amides is 3. The van der Waals surface area contributed by atoms with Crippen molar-refractivity contribution in [2.75, 3.05) is 18.1 Å². The van der Waals surface area contributed by atoms with E-state index in [4.69, 9.17) is 5.73 Å². The van der Waals surface area contributed by atoms with E-state index in [1.807, 2.05) is 0 Å². The number of carbonyl (C=O) groups excluding carboxylic acids is 2. The molecule has 0 radical (unpaired) electrons. The van der Waals surface area contributed by atoms with E-state index in [0.717, 1.165) is 5.75 Å². The molecule has 0 aliphatic carbocycles. The van der Waals surface area contributed by atoms with Crippen molar-refractivity contribution >= 4 is 41.9 Å². The third-order valence-electron chi connectivity index (χ3n) is 2.11. The SMILES string of the molecule is CC(N)=NCCSCC1(C)NC(=O)NC1=O.Cl. The van der Waals surface area contributed by atoms with Gasteiger partial charge in [-0.2, -0.15) is 11.8 Å². The van der Waals surface area contributed by atoms with Gasteiger partial charge in [0.2, 0.25) is 0 Å². The van der Waals surface area contributed by atoms with Crippen LogP contribution < -0.4 is 16.4 Å². The second kappa shape index (κ2) is 6.70. The second-order valence-corrected chi connectivity index (χ2v) is 4.92. The molecule has 1 unspecified atom stereocenters. The number of carbonyl (C=O) groups is 2. The molecule has 1 atom stereocenters. The monoisotopic (exact) mass is 280 g/mol. The van der Waals surface area contributed by atoms with Crippen LogP contribution in [0.2, 0.25) is 0 Å². The Kier molecular flexibility index (Phi) is 6.33. The molecule has 0 saturated carbocycles. The third kappa shape index (κ3) is 4.82. The summed E-state index contributed by atoms with van der Waals surface area (Å²) in [6.45, 7) is 4.06. The molecule has 17 heavy (non-hydrogen) atoms. The summed E-state index contributed by atoms with van der Waals surface area (Å²) < 4.78 is 0. The minimum absolute atomic E-state index is 0. The van der Waals surface area contributed by atoms with Gasteiger partial charge in [-0.05, 0) is 13.8 Å². The number of imide groups is 1. The van der Waals surface area contributed by atoms with Crippen LogP contribution in [0.5, 0.6) is 0 Å². The number of hydrogen-bond donors (Lipinski definition) is 3. The fourth-order valence-corrected chi connectivity index (χ4v) is 2.22. The Morgan fingerprint density at radius 3 is 2.65 bits per heavy atom. The van der Waals surface area contributed by atoms with Crippen LogP contribution in [0.15, 0.2) is 4.99 Å². The van der Waals surface area contributed by atoms with Gasteiger partial charge < -0.3 is 11.1 Å². The van der Waals surface area contributed by atoms with Gasteiger partial charge in [-0.15, -0.1) is 12.4 Å². The van der Waals surface area contributed by atoms with Gasteiger partial charge in [-0.1, -0.05) is 0 Å². The Morgan fingerprint density at radius 1 is 1.53 bits per heavy atom. The lowest BCUT2D eigenvalue weighted by Crippen LogP contribution is -2.46. The Balaban J connectivity index is 0.00000256. The molecule has 6 nitrogen and oxygen atoms in total. The summed E-state index contributed by atoms with van der Waals surface area (Å²) in [6, 6.07) is -0.427. The van der Waals surface area contributed by atoms with E-state index in [2.05, 4.69) is 15.6 Å². The minimum atomic E-state index is -0.802. The molecule has 1 aliphatic heterocycles. The first-order valence-corrected chi connectivity index (χ1v) is 6.07. The predicted octanol–water partition coefficient (Wildman–Crippen LogP) is 0.117. The number of rotatable bonds is 5. The number of nitrogens with zero attached hydrogens (tertiary/aromatic N) is 1. The summed E-state index contributed by atoms with van der Waals surface area (Å²) in [5, 5.41) is 4.82. The summed E-state index contributed by atoms with van der Waals surface area (Å²) in [6.07, 6.45) is 0. The molecule has 3 amide bonds. The number of amidine groups is 1. The highest BCUT2D eigenvalue weighted by Gasteiger charge is 2.41. The Bertz CT molecular complexity index is 333. The molecule has 1 saturated heterocycles. The van der Waals surface area contributed by atoms with Crippen LogP contribution in [0.1, 0.15) is 13.8 Å². The van der Waals surface area contributed by atoms with E-state index in [0.29, 0.717) is 18.1 Å². The molecule has 0 aromatic heterocycles. The third-order valence-corrected chi connectivity index (χ3v) is 3.36. The van der Waals surface area contributed by atoms with Gasteiger partial charge in [-0.25, -0.2) is 4.79 Å². The maximum atomic E-state index is 11.4. The van der Waals surface area contributed by atoms with Crippen LogP contribution in [-0.2, 0) is 4.79 Å². The highest BCUT2D eigenvalue weighted by Crippen LogP contribution is 2.16. The van der Waals surface area contributed by atoms with Crippen molar-refractivity contribution in [2.24, 2.45) is 10.7 Å². The molecule has 0 aromatic carbocycles. The quantitative estimate of drug-likeness (QED) is 0.288. The van der Waals surface area contributed by atoms with Crippen LogP contribution in [0, 0.1) is 0 Å².